The van der Waals surface area contributed by atoms with Crippen LogP contribution in [0.2, 0.25) is 0 Å². The first kappa shape index (κ1) is 29.4. The fourth-order valence-corrected chi connectivity index (χ4v) is 9.10. The maximum atomic E-state index is 11.9. The lowest BCUT2D eigenvalue weighted by Crippen LogP contribution is -2.80. The predicted molar refractivity (Wildman–Crippen MR) is 146 cm³/mol. The summed E-state index contributed by atoms with van der Waals surface area (Å²) in [6.45, 7) is 20.1. The monoisotopic (exact) mass is 493 g/mol. The van der Waals surface area contributed by atoms with E-state index in [1.54, 1.807) is 0 Å². The molecule has 0 aliphatic heterocycles. The summed E-state index contributed by atoms with van der Waals surface area (Å²) in [5, 5.41) is 35.6. The zero-order valence-corrected chi connectivity index (χ0v) is 24.5. The Bertz CT molecular complexity index is 629. The molecule has 0 aromatic heterocycles. The summed E-state index contributed by atoms with van der Waals surface area (Å²) in [7, 11) is 0. The van der Waals surface area contributed by atoms with Gasteiger partial charge in [-0.05, 0) is 93.3 Å². The van der Waals surface area contributed by atoms with Crippen molar-refractivity contribution in [1.82, 2.24) is 0 Å². The molecule has 3 aliphatic rings. The molecule has 0 aromatic rings. The van der Waals surface area contributed by atoms with Gasteiger partial charge in [0, 0.05) is 21.8 Å². The van der Waals surface area contributed by atoms with Crippen molar-refractivity contribution in [2.45, 2.75) is 144 Å². The summed E-state index contributed by atoms with van der Waals surface area (Å²) in [6.07, 6.45) is 6.35. The van der Waals surface area contributed by atoms with Crippen molar-refractivity contribution >= 4 is 0 Å². The summed E-state index contributed by atoms with van der Waals surface area (Å²) < 4.78 is 0. The highest BCUT2D eigenvalue weighted by molar-refractivity contribution is 5.24. The molecule has 9 atom stereocenters. The maximum Gasteiger partial charge on any atom is 0.0614 e. The van der Waals surface area contributed by atoms with Crippen molar-refractivity contribution in [3.8, 4) is 0 Å². The second kappa shape index (κ2) is 10.2. The molecule has 4 heteroatoms. The van der Waals surface area contributed by atoms with Gasteiger partial charge in [0.1, 0.15) is 0 Å². The number of rotatable bonds is 6. The van der Waals surface area contributed by atoms with E-state index < -0.39 is 40.1 Å². The van der Waals surface area contributed by atoms with Crippen molar-refractivity contribution in [3.05, 3.63) is 0 Å². The minimum atomic E-state index is -0.892. The quantitative estimate of drug-likeness (QED) is 0.357. The van der Waals surface area contributed by atoms with Gasteiger partial charge in [0.2, 0.25) is 0 Å². The smallest absolute Gasteiger partial charge is 0.0614 e. The van der Waals surface area contributed by atoms with E-state index in [2.05, 4.69) is 62.3 Å². The van der Waals surface area contributed by atoms with Crippen LogP contribution in [-0.2, 0) is 0 Å². The van der Waals surface area contributed by atoms with Crippen LogP contribution >= 0.6 is 0 Å². The molecule has 0 aromatic carbocycles. The molecule has 0 spiro atoms. The predicted octanol–water partition coefficient (Wildman–Crippen LogP) is 6.15. The molecule has 0 amide bonds. The average molecular weight is 494 g/mol. The lowest BCUT2D eigenvalue weighted by atomic mass is 9.38. The molecule has 0 bridgehead atoms. The van der Waals surface area contributed by atoms with Crippen LogP contribution in [0.25, 0.3) is 0 Å². The largest absolute Gasteiger partial charge is 0.392 e. The molecule has 3 saturated carbocycles. The third kappa shape index (κ3) is 4.55. The Morgan fingerprint density at radius 3 is 0.971 bits per heavy atom. The first-order chi connectivity index (χ1) is 16.0. The van der Waals surface area contributed by atoms with Crippen LogP contribution in [0.1, 0.15) is 120 Å². The van der Waals surface area contributed by atoms with Crippen LogP contribution in [-0.4, -0.2) is 39.2 Å². The highest BCUT2D eigenvalue weighted by atomic mass is 16.3. The van der Waals surface area contributed by atoms with Gasteiger partial charge < -0.3 is 21.1 Å². The zero-order chi connectivity index (χ0) is 26.6. The Morgan fingerprint density at radius 2 is 0.800 bits per heavy atom. The van der Waals surface area contributed by atoms with Crippen LogP contribution in [0.3, 0.4) is 0 Å². The van der Waals surface area contributed by atoms with E-state index in [1.165, 1.54) is 0 Å². The van der Waals surface area contributed by atoms with Crippen molar-refractivity contribution in [3.63, 3.8) is 0 Å². The number of hydrogen-bond acceptors (Lipinski definition) is 4. The normalized spacial score (nSPS) is 47.3. The third-order valence-corrected chi connectivity index (χ3v) is 12.4. The molecule has 3 rings (SSSR count). The second-order valence-electron chi connectivity index (χ2n) is 14.9. The van der Waals surface area contributed by atoms with Crippen molar-refractivity contribution in [2.24, 2.45) is 57.5 Å². The Hall–Kier alpha value is -0.160. The maximum absolute atomic E-state index is 11.9. The molecular weight excluding hydrogens is 434 g/mol. The topological polar surface area (TPSA) is 86.7 Å². The molecule has 5 N–H and O–H groups in total. The molecular formula is C31H59NO3. The zero-order valence-electron chi connectivity index (χ0n) is 24.5. The highest BCUT2D eigenvalue weighted by Gasteiger charge is 2.71. The first-order valence-corrected chi connectivity index (χ1v) is 14.9. The Balaban J connectivity index is 2.11. The van der Waals surface area contributed by atoms with E-state index in [-0.39, 0.29) is 0 Å². The molecule has 9 unspecified atom stereocenters. The van der Waals surface area contributed by atoms with E-state index in [0.717, 1.165) is 57.8 Å². The minimum Gasteiger partial charge on any atom is -0.392 e. The van der Waals surface area contributed by atoms with Crippen LogP contribution < -0.4 is 5.73 Å². The molecule has 4 nitrogen and oxygen atoms in total. The van der Waals surface area contributed by atoms with Gasteiger partial charge in [0.25, 0.3) is 0 Å². The molecule has 3 aliphatic carbocycles. The molecule has 206 valence electrons. The van der Waals surface area contributed by atoms with Crippen molar-refractivity contribution in [1.29, 1.82) is 0 Å². The van der Waals surface area contributed by atoms with Gasteiger partial charge in [-0.2, -0.15) is 0 Å². The second-order valence-corrected chi connectivity index (χ2v) is 14.9. The molecule has 3 fully saturated rings. The Labute approximate surface area is 216 Å². The lowest BCUT2D eigenvalue weighted by molar-refractivity contribution is -0.234. The molecule has 0 heterocycles. The summed E-state index contributed by atoms with van der Waals surface area (Å²) in [6, 6.07) is 0. The Kier molecular flexibility index (Phi) is 8.56. The van der Waals surface area contributed by atoms with Gasteiger partial charge in [0.05, 0.1) is 18.3 Å². The van der Waals surface area contributed by atoms with E-state index in [9.17, 15) is 15.3 Å². The molecule has 35 heavy (non-hydrogen) atoms. The lowest BCUT2D eigenvalue weighted by Gasteiger charge is -2.70. The van der Waals surface area contributed by atoms with E-state index in [0.29, 0.717) is 35.5 Å². The first-order valence-electron chi connectivity index (χ1n) is 14.9. The fraction of sp³-hybridized carbons (Fsp3) is 1.00. The van der Waals surface area contributed by atoms with Gasteiger partial charge in [0.15, 0.2) is 0 Å². The Morgan fingerprint density at radius 1 is 0.571 bits per heavy atom. The van der Waals surface area contributed by atoms with Crippen LogP contribution in [0.15, 0.2) is 0 Å². The number of aliphatic hydroxyl groups excluding tert-OH is 3. The third-order valence-electron chi connectivity index (χ3n) is 12.4. The van der Waals surface area contributed by atoms with Gasteiger partial charge in [-0.1, -0.05) is 62.3 Å². The van der Waals surface area contributed by atoms with E-state index in [4.69, 9.17) is 5.73 Å². The standard InChI is InChI=1S/C31H59NO3/c1-19(2)22-10-13-28(7,25(33)16-22)31(32,29(8)14-11-23(20(3)4)17-26(29)34)30(9)15-12-24(21(5)6)18-27(30)35/h19-27,33-35H,10-18,32H2,1-9H3. The fourth-order valence-electron chi connectivity index (χ4n) is 9.10. The SMILES string of the molecule is CC(C)C1CCC(C)(C(N)(C2(C)CCC(C(C)C)CC2O)C2(C)CCC(C(C)C)CC2O)C(O)C1. The van der Waals surface area contributed by atoms with Gasteiger partial charge in [-0.15, -0.1) is 0 Å². The average Bonchev–Trinajstić information content (AvgIpc) is 2.78. The highest BCUT2D eigenvalue weighted by Crippen LogP contribution is 2.66. The van der Waals surface area contributed by atoms with Crippen molar-refractivity contribution in [2.75, 3.05) is 0 Å². The summed E-state index contributed by atoms with van der Waals surface area (Å²) in [4.78, 5) is 0. The summed E-state index contributed by atoms with van der Waals surface area (Å²) >= 11 is 0. The van der Waals surface area contributed by atoms with Gasteiger partial charge in [-0.3, -0.25) is 0 Å². The van der Waals surface area contributed by atoms with Crippen molar-refractivity contribution < 1.29 is 15.3 Å². The summed E-state index contributed by atoms with van der Waals surface area (Å²) in [5.41, 5.74) is 5.28. The van der Waals surface area contributed by atoms with Gasteiger partial charge in [-0.25, -0.2) is 0 Å². The minimum absolute atomic E-state index is 0.492. The van der Waals surface area contributed by atoms with E-state index >= 15 is 0 Å². The number of nitrogens with two attached hydrogens (primary N) is 1. The van der Waals surface area contributed by atoms with Crippen LogP contribution in [0.5, 0.6) is 0 Å². The molecule has 0 radical (unpaired) electrons. The number of hydrogen-bond donors (Lipinski definition) is 4. The van der Waals surface area contributed by atoms with Crippen LogP contribution in [0, 0.1) is 51.8 Å². The van der Waals surface area contributed by atoms with E-state index in [1.807, 2.05) is 0 Å². The molecule has 0 saturated heterocycles. The van der Waals surface area contributed by atoms with Gasteiger partial charge >= 0.3 is 0 Å². The number of aliphatic hydroxyl groups is 3. The van der Waals surface area contributed by atoms with Crippen LogP contribution in [0.4, 0.5) is 0 Å². The summed E-state index contributed by atoms with van der Waals surface area (Å²) in [5.74, 6) is 3.08.